The predicted octanol–water partition coefficient (Wildman–Crippen LogP) is 1.01. The minimum absolute atomic E-state index is 0.0601. The fourth-order valence-electron chi connectivity index (χ4n) is 3.47. The number of carbonyl (C=O) groups excluding carboxylic acids is 3. The fraction of sp³-hybridized carbons (Fsp3) is 0.286. The normalized spacial score (nSPS) is 18.3. The second-order valence-corrected chi connectivity index (χ2v) is 6.75. The number of hydrogen-bond acceptors (Lipinski definition) is 4. The summed E-state index contributed by atoms with van der Waals surface area (Å²) in [5.74, 6) is -0.583. The second-order valence-electron chi connectivity index (χ2n) is 6.75. The van der Waals surface area contributed by atoms with Crippen LogP contribution in [-0.2, 0) is 27.3 Å². The lowest BCUT2D eigenvalue weighted by atomic mass is 9.94. The summed E-state index contributed by atoms with van der Waals surface area (Å²) in [6.07, 6.45) is 0.547. The Morgan fingerprint density at radius 2 is 1.85 bits per heavy atom. The summed E-state index contributed by atoms with van der Waals surface area (Å²) in [6, 6.07) is 14.4. The molecule has 0 saturated heterocycles. The van der Waals surface area contributed by atoms with Gasteiger partial charge in [-0.1, -0.05) is 36.4 Å². The molecule has 1 amide bonds. The zero-order valence-corrected chi connectivity index (χ0v) is 15.5. The highest BCUT2D eigenvalue weighted by Crippen LogP contribution is 2.15. The Morgan fingerprint density at radius 1 is 1.11 bits per heavy atom. The highest BCUT2D eigenvalue weighted by molar-refractivity contribution is 5.97. The number of carbonyl (C=O) groups is 3. The van der Waals surface area contributed by atoms with E-state index in [1.807, 2.05) is 24.3 Å². The van der Waals surface area contributed by atoms with Crippen LogP contribution < -0.4 is 10.2 Å². The number of quaternary nitrogens is 1. The minimum atomic E-state index is -0.417. The molecule has 0 fully saturated rings. The van der Waals surface area contributed by atoms with E-state index in [-0.39, 0.29) is 24.2 Å². The molecule has 27 heavy (non-hydrogen) atoms. The molecule has 0 aromatic heterocycles. The Hall–Kier alpha value is -2.99. The van der Waals surface area contributed by atoms with Gasteiger partial charge in [0.15, 0.2) is 18.4 Å². The first kappa shape index (κ1) is 18.8. The number of fused-ring (bicyclic) bond motifs is 1. The summed E-state index contributed by atoms with van der Waals surface area (Å²) < 4.78 is 4.95. The molecular weight excluding hydrogens is 344 g/mol. The third-order valence-corrected chi connectivity index (χ3v) is 4.88. The van der Waals surface area contributed by atoms with Crippen molar-refractivity contribution < 1.29 is 24.0 Å². The van der Waals surface area contributed by atoms with Crippen molar-refractivity contribution in [2.45, 2.75) is 25.9 Å². The Bertz CT molecular complexity index is 878. The highest BCUT2D eigenvalue weighted by atomic mass is 16.5. The van der Waals surface area contributed by atoms with E-state index in [2.05, 4.69) is 5.32 Å². The van der Waals surface area contributed by atoms with E-state index in [4.69, 9.17) is 4.74 Å². The molecular formula is C21H23N2O4+. The SMILES string of the molecule is COC(=O)[C@H]1Cc2ccccc2C[NH+]1CC(=O)Nc1cccc(C(C)=O)c1. The van der Waals surface area contributed by atoms with Gasteiger partial charge in [0.25, 0.3) is 5.91 Å². The summed E-state index contributed by atoms with van der Waals surface area (Å²) in [7, 11) is 1.37. The van der Waals surface area contributed by atoms with Crippen LogP contribution in [-0.4, -0.2) is 37.4 Å². The van der Waals surface area contributed by atoms with Crippen LogP contribution in [0.25, 0.3) is 0 Å². The van der Waals surface area contributed by atoms with Crippen molar-refractivity contribution in [1.29, 1.82) is 0 Å². The predicted molar refractivity (Wildman–Crippen MR) is 101 cm³/mol. The quantitative estimate of drug-likeness (QED) is 0.611. The average Bonchev–Trinajstić information content (AvgIpc) is 2.67. The number of rotatable bonds is 5. The first-order valence-corrected chi connectivity index (χ1v) is 8.88. The van der Waals surface area contributed by atoms with Gasteiger partial charge in [-0.05, 0) is 24.6 Å². The Kier molecular flexibility index (Phi) is 5.66. The molecule has 3 rings (SSSR count). The third-order valence-electron chi connectivity index (χ3n) is 4.88. The minimum Gasteiger partial charge on any atom is -0.465 e. The van der Waals surface area contributed by atoms with E-state index >= 15 is 0 Å². The average molecular weight is 367 g/mol. The zero-order valence-electron chi connectivity index (χ0n) is 15.5. The van der Waals surface area contributed by atoms with Crippen LogP contribution in [0.5, 0.6) is 0 Å². The van der Waals surface area contributed by atoms with Crippen molar-refractivity contribution in [3.05, 3.63) is 65.2 Å². The molecule has 0 spiro atoms. The van der Waals surface area contributed by atoms with Gasteiger partial charge in [-0.15, -0.1) is 0 Å². The number of esters is 1. The van der Waals surface area contributed by atoms with Gasteiger partial charge in [-0.25, -0.2) is 4.79 Å². The molecule has 6 heteroatoms. The topological polar surface area (TPSA) is 76.9 Å². The molecule has 1 aliphatic rings. The van der Waals surface area contributed by atoms with E-state index in [1.165, 1.54) is 14.0 Å². The summed E-state index contributed by atoms with van der Waals surface area (Å²) in [6.45, 7) is 2.20. The summed E-state index contributed by atoms with van der Waals surface area (Å²) in [5, 5.41) is 2.82. The largest absolute Gasteiger partial charge is 0.465 e. The lowest BCUT2D eigenvalue weighted by Gasteiger charge is -2.31. The van der Waals surface area contributed by atoms with E-state index in [9.17, 15) is 14.4 Å². The number of nitrogens with one attached hydrogen (secondary N) is 2. The van der Waals surface area contributed by atoms with Crippen LogP contribution in [0.1, 0.15) is 28.4 Å². The second kappa shape index (κ2) is 8.14. The fourth-order valence-corrected chi connectivity index (χ4v) is 3.47. The van der Waals surface area contributed by atoms with Crippen LogP contribution in [0.15, 0.2) is 48.5 Å². The number of methoxy groups -OCH3 is 1. The maximum absolute atomic E-state index is 12.6. The van der Waals surface area contributed by atoms with E-state index < -0.39 is 6.04 Å². The molecule has 0 aliphatic carbocycles. The van der Waals surface area contributed by atoms with Crippen molar-refractivity contribution in [2.75, 3.05) is 19.0 Å². The summed E-state index contributed by atoms with van der Waals surface area (Å²) in [5.41, 5.74) is 3.36. The van der Waals surface area contributed by atoms with E-state index in [0.717, 1.165) is 16.0 Å². The van der Waals surface area contributed by atoms with Gasteiger partial charge in [0, 0.05) is 23.2 Å². The standard InChI is InChI=1S/C21H22N2O4/c1-14(24)15-8-5-9-18(10-15)22-20(25)13-23-12-17-7-4-3-6-16(17)11-19(23)21(26)27-2/h3-10,19H,11-13H2,1-2H3,(H,22,25)/p+1/t19-/m1/s1. The van der Waals surface area contributed by atoms with Crippen molar-refractivity contribution >= 4 is 23.3 Å². The molecule has 1 heterocycles. The number of ether oxygens (including phenoxy) is 1. The van der Waals surface area contributed by atoms with Crippen LogP contribution >= 0.6 is 0 Å². The number of anilines is 1. The van der Waals surface area contributed by atoms with Gasteiger partial charge in [0.1, 0.15) is 6.54 Å². The van der Waals surface area contributed by atoms with E-state index in [1.54, 1.807) is 24.3 Å². The Balaban J connectivity index is 1.74. The third kappa shape index (κ3) is 4.41. The number of amides is 1. The maximum atomic E-state index is 12.6. The number of Topliss-reactive ketones (excluding diaryl/α,β-unsaturated/α-hetero) is 1. The van der Waals surface area contributed by atoms with Gasteiger partial charge >= 0.3 is 5.97 Å². The van der Waals surface area contributed by atoms with Gasteiger partial charge < -0.3 is 15.0 Å². The lowest BCUT2D eigenvalue weighted by Crippen LogP contribution is -3.17. The van der Waals surface area contributed by atoms with Crippen molar-refractivity contribution in [1.82, 2.24) is 0 Å². The molecule has 6 nitrogen and oxygen atoms in total. The van der Waals surface area contributed by atoms with Crippen LogP contribution in [0.4, 0.5) is 5.69 Å². The number of benzene rings is 2. The van der Waals surface area contributed by atoms with Gasteiger partial charge in [0.2, 0.25) is 0 Å². The number of hydrogen-bond donors (Lipinski definition) is 2. The van der Waals surface area contributed by atoms with Gasteiger partial charge in [-0.2, -0.15) is 0 Å². The zero-order chi connectivity index (χ0) is 19.4. The van der Waals surface area contributed by atoms with Gasteiger partial charge in [-0.3, -0.25) is 9.59 Å². The first-order chi connectivity index (χ1) is 13.0. The molecule has 2 N–H and O–H groups in total. The molecule has 0 bridgehead atoms. The monoisotopic (exact) mass is 367 g/mol. The van der Waals surface area contributed by atoms with Crippen LogP contribution in [0.2, 0.25) is 0 Å². The maximum Gasteiger partial charge on any atom is 0.365 e. The highest BCUT2D eigenvalue weighted by Gasteiger charge is 2.37. The molecule has 1 unspecified atom stereocenters. The molecule has 140 valence electrons. The van der Waals surface area contributed by atoms with Gasteiger partial charge in [0.05, 0.1) is 7.11 Å². The Labute approximate surface area is 158 Å². The summed E-state index contributed by atoms with van der Waals surface area (Å²) in [4.78, 5) is 37.1. The smallest absolute Gasteiger partial charge is 0.365 e. The Morgan fingerprint density at radius 3 is 2.56 bits per heavy atom. The molecule has 2 aromatic carbocycles. The molecule has 0 saturated carbocycles. The van der Waals surface area contributed by atoms with E-state index in [0.29, 0.717) is 24.2 Å². The van der Waals surface area contributed by atoms with Crippen molar-refractivity contribution in [2.24, 2.45) is 0 Å². The lowest BCUT2D eigenvalue weighted by molar-refractivity contribution is -0.924. The first-order valence-electron chi connectivity index (χ1n) is 8.88. The number of ketones is 1. The van der Waals surface area contributed by atoms with Crippen LogP contribution in [0.3, 0.4) is 0 Å². The van der Waals surface area contributed by atoms with Crippen LogP contribution in [0, 0.1) is 0 Å². The summed E-state index contributed by atoms with van der Waals surface area (Å²) >= 11 is 0. The molecule has 2 aromatic rings. The molecule has 2 atom stereocenters. The molecule has 0 radical (unpaired) electrons. The molecule has 1 aliphatic heterocycles. The van der Waals surface area contributed by atoms with Crippen molar-refractivity contribution in [3.63, 3.8) is 0 Å². The van der Waals surface area contributed by atoms with Crippen molar-refractivity contribution in [3.8, 4) is 0 Å².